The fourth-order valence-corrected chi connectivity index (χ4v) is 3.89. The number of nitrogens with zero attached hydrogens (tertiary/aromatic N) is 2. The Morgan fingerprint density at radius 3 is 2.71 bits per heavy atom. The molecule has 1 heterocycles. The molecule has 24 heavy (non-hydrogen) atoms. The molecule has 0 unspecified atom stereocenters. The van der Waals surface area contributed by atoms with Gasteiger partial charge in [-0.25, -0.2) is 17.5 Å². The number of carbonyl (C=O) groups is 1. The summed E-state index contributed by atoms with van der Waals surface area (Å²) in [5, 5.41) is 8.90. The van der Waals surface area contributed by atoms with E-state index >= 15 is 0 Å². The van der Waals surface area contributed by atoms with Crippen LogP contribution in [0.15, 0.2) is 18.2 Å². The van der Waals surface area contributed by atoms with Crippen molar-refractivity contribution in [2.45, 2.75) is 25.8 Å². The minimum Gasteiger partial charge on any atom is -0.337 e. The summed E-state index contributed by atoms with van der Waals surface area (Å²) in [6.07, 6.45) is 2.74. The third-order valence-corrected chi connectivity index (χ3v) is 4.76. The summed E-state index contributed by atoms with van der Waals surface area (Å²) in [5.41, 5.74) is 0.176. The van der Waals surface area contributed by atoms with Crippen LogP contribution in [0.2, 0.25) is 0 Å². The smallest absolute Gasteiger partial charge is 0.254 e. The van der Waals surface area contributed by atoms with Crippen LogP contribution in [-0.2, 0) is 10.0 Å². The molecule has 0 saturated carbocycles. The Bertz CT molecular complexity index is 773. The van der Waals surface area contributed by atoms with Crippen molar-refractivity contribution < 1.29 is 17.6 Å². The van der Waals surface area contributed by atoms with Crippen LogP contribution in [0.5, 0.6) is 0 Å². The molecular formula is C16H20FN3O3S. The molecule has 6 nitrogen and oxygen atoms in total. The fourth-order valence-electron chi connectivity index (χ4n) is 3.07. The molecule has 1 saturated heterocycles. The van der Waals surface area contributed by atoms with E-state index in [1.807, 2.05) is 13.0 Å². The molecular weight excluding hydrogens is 333 g/mol. The molecule has 2 atom stereocenters. The van der Waals surface area contributed by atoms with E-state index in [9.17, 15) is 17.6 Å². The number of likely N-dealkylation sites (tertiary alicyclic amines) is 1. The van der Waals surface area contributed by atoms with Crippen LogP contribution in [-0.4, -0.2) is 44.6 Å². The normalized spacial score (nSPS) is 20.8. The van der Waals surface area contributed by atoms with Gasteiger partial charge < -0.3 is 4.90 Å². The average Bonchev–Trinajstić information content (AvgIpc) is 2.87. The van der Waals surface area contributed by atoms with Gasteiger partial charge in [-0.15, -0.1) is 0 Å². The van der Waals surface area contributed by atoms with Gasteiger partial charge in [0.15, 0.2) is 0 Å². The first-order chi connectivity index (χ1) is 11.2. The first-order valence-electron chi connectivity index (χ1n) is 7.70. The topological polar surface area (TPSA) is 90.3 Å². The Kier molecular flexibility index (Phi) is 5.57. The molecule has 1 aliphatic heterocycles. The van der Waals surface area contributed by atoms with E-state index in [0.717, 1.165) is 31.2 Å². The second-order valence-corrected chi connectivity index (χ2v) is 7.88. The number of amides is 1. The molecule has 2 rings (SSSR count). The van der Waals surface area contributed by atoms with Gasteiger partial charge in [0, 0.05) is 24.7 Å². The molecule has 1 aromatic carbocycles. The zero-order chi connectivity index (χ0) is 17.9. The quantitative estimate of drug-likeness (QED) is 0.868. The summed E-state index contributed by atoms with van der Waals surface area (Å²) in [7, 11) is -3.38. The highest BCUT2D eigenvalue weighted by atomic mass is 32.2. The third-order valence-electron chi connectivity index (χ3n) is 4.03. The lowest BCUT2D eigenvalue weighted by Gasteiger charge is -2.17. The van der Waals surface area contributed by atoms with Gasteiger partial charge in [-0.2, -0.15) is 5.26 Å². The van der Waals surface area contributed by atoms with Crippen molar-refractivity contribution in [2.75, 3.05) is 19.3 Å². The summed E-state index contributed by atoms with van der Waals surface area (Å²) >= 11 is 0. The van der Waals surface area contributed by atoms with E-state index in [-0.39, 0.29) is 29.6 Å². The minimum absolute atomic E-state index is 0.0117. The molecule has 0 aliphatic carbocycles. The van der Waals surface area contributed by atoms with Crippen LogP contribution in [0.4, 0.5) is 4.39 Å². The predicted molar refractivity (Wildman–Crippen MR) is 87.2 cm³/mol. The predicted octanol–water partition coefficient (Wildman–Crippen LogP) is 1.49. The number of benzene rings is 1. The Hall–Kier alpha value is -1.98. The highest BCUT2D eigenvalue weighted by Gasteiger charge is 2.36. The number of nitrogens with one attached hydrogen (secondary N) is 1. The summed E-state index contributed by atoms with van der Waals surface area (Å²) in [5.74, 6) is -1.03. The van der Waals surface area contributed by atoms with Crippen LogP contribution < -0.4 is 4.72 Å². The first-order valence-corrected chi connectivity index (χ1v) is 9.60. The highest BCUT2D eigenvalue weighted by molar-refractivity contribution is 7.88. The van der Waals surface area contributed by atoms with E-state index in [0.29, 0.717) is 6.54 Å². The Balaban J connectivity index is 2.21. The van der Waals surface area contributed by atoms with E-state index in [1.54, 1.807) is 0 Å². The average molecular weight is 353 g/mol. The van der Waals surface area contributed by atoms with Gasteiger partial charge in [0.25, 0.3) is 5.91 Å². The lowest BCUT2D eigenvalue weighted by atomic mass is 9.99. The zero-order valence-electron chi connectivity index (χ0n) is 13.6. The maximum Gasteiger partial charge on any atom is 0.254 e. The molecule has 1 aliphatic rings. The molecule has 0 radical (unpaired) electrons. The van der Waals surface area contributed by atoms with Crippen LogP contribution >= 0.6 is 0 Å². The summed E-state index contributed by atoms with van der Waals surface area (Å²) < 4.78 is 39.1. The molecule has 1 N–H and O–H groups in total. The van der Waals surface area contributed by atoms with Gasteiger partial charge in [-0.05, 0) is 30.5 Å². The molecule has 1 amide bonds. The van der Waals surface area contributed by atoms with E-state index < -0.39 is 21.7 Å². The van der Waals surface area contributed by atoms with E-state index in [4.69, 9.17) is 5.26 Å². The second-order valence-electron chi connectivity index (χ2n) is 6.10. The van der Waals surface area contributed by atoms with Crippen molar-refractivity contribution >= 4 is 15.9 Å². The lowest BCUT2D eigenvalue weighted by Crippen LogP contribution is -2.40. The van der Waals surface area contributed by atoms with Gasteiger partial charge in [0.05, 0.1) is 17.9 Å². The van der Waals surface area contributed by atoms with Crippen molar-refractivity contribution in [2.24, 2.45) is 5.92 Å². The number of halogens is 1. The van der Waals surface area contributed by atoms with Crippen LogP contribution in [0.25, 0.3) is 0 Å². The zero-order valence-corrected chi connectivity index (χ0v) is 14.4. The largest absolute Gasteiger partial charge is 0.337 e. The Morgan fingerprint density at radius 1 is 1.42 bits per heavy atom. The number of rotatable bonds is 5. The number of hydrogen-bond donors (Lipinski definition) is 1. The van der Waals surface area contributed by atoms with Crippen molar-refractivity contribution in [3.8, 4) is 6.07 Å². The lowest BCUT2D eigenvalue weighted by molar-refractivity contribution is 0.0784. The third kappa shape index (κ3) is 4.52. The van der Waals surface area contributed by atoms with Crippen molar-refractivity contribution in [3.05, 3.63) is 35.1 Å². The van der Waals surface area contributed by atoms with Gasteiger partial charge in [-0.3, -0.25) is 4.79 Å². The maximum atomic E-state index is 13.5. The second kappa shape index (κ2) is 7.28. The number of sulfonamides is 1. The van der Waals surface area contributed by atoms with Crippen molar-refractivity contribution in [3.63, 3.8) is 0 Å². The monoisotopic (exact) mass is 353 g/mol. The molecule has 1 fully saturated rings. The SMILES string of the molecule is CCC[C@@H]1CN(C(=O)c2cc(F)cc(C#N)c2)C[C@H]1NS(C)(=O)=O. The van der Waals surface area contributed by atoms with Gasteiger partial charge in [-0.1, -0.05) is 13.3 Å². The minimum atomic E-state index is -3.38. The van der Waals surface area contributed by atoms with Crippen molar-refractivity contribution in [1.29, 1.82) is 5.26 Å². The molecule has 130 valence electrons. The van der Waals surface area contributed by atoms with Crippen LogP contribution in [0, 0.1) is 23.1 Å². The number of nitriles is 1. The van der Waals surface area contributed by atoms with Gasteiger partial charge >= 0.3 is 0 Å². The Morgan fingerprint density at radius 2 is 2.12 bits per heavy atom. The molecule has 0 bridgehead atoms. The molecule has 1 aromatic rings. The summed E-state index contributed by atoms with van der Waals surface area (Å²) in [6.45, 7) is 2.63. The maximum absolute atomic E-state index is 13.5. The summed E-state index contributed by atoms with van der Waals surface area (Å²) in [4.78, 5) is 14.1. The molecule has 8 heteroatoms. The van der Waals surface area contributed by atoms with Crippen molar-refractivity contribution in [1.82, 2.24) is 9.62 Å². The molecule has 0 aromatic heterocycles. The van der Waals surface area contributed by atoms with Crippen LogP contribution in [0.3, 0.4) is 0 Å². The van der Waals surface area contributed by atoms with Crippen LogP contribution in [0.1, 0.15) is 35.7 Å². The fraction of sp³-hybridized carbons (Fsp3) is 0.500. The standard InChI is InChI=1S/C16H20FN3O3S/c1-3-4-12-9-20(10-15(12)19-24(2,22)23)16(21)13-5-11(8-18)6-14(17)7-13/h5-7,12,15,19H,3-4,9-10H2,1-2H3/t12-,15-/m1/s1. The summed E-state index contributed by atoms with van der Waals surface area (Å²) in [6, 6.07) is 4.97. The highest BCUT2D eigenvalue weighted by Crippen LogP contribution is 2.24. The number of carbonyl (C=O) groups excluding carboxylic acids is 1. The first kappa shape index (κ1) is 18.4. The number of hydrogen-bond acceptors (Lipinski definition) is 4. The molecule has 0 spiro atoms. The van der Waals surface area contributed by atoms with Gasteiger partial charge in [0.1, 0.15) is 5.82 Å². The van der Waals surface area contributed by atoms with E-state index in [1.165, 1.54) is 11.0 Å². The Labute approximate surface area is 141 Å². The van der Waals surface area contributed by atoms with Gasteiger partial charge in [0.2, 0.25) is 10.0 Å². The van der Waals surface area contributed by atoms with E-state index in [2.05, 4.69) is 4.72 Å².